The van der Waals surface area contributed by atoms with Gasteiger partial charge >= 0.3 is 0 Å². The van der Waals surface area contributed by atoms with Gasteiger partial charge in [0, 0.05) is 12.6 Å². The third-order valence-corrected chi connectivity index (χ3v) is 4.47. The summed E-state index contributed by atoms with van der Waals surface area (Å²) in [6, 6.07) is 0.292. The monoisotopic (exact) mass is 268 g/mol. The molecular formula is C13H20N2O2S. The lowest BCUT2D eigenvalue weighted by Gasteiger charge is -2.33. The van der Waals surface area contributed by atoms with Gasteiger partial charge in [0.05, 0.1) is 17.8 Å². The quantitative estimate of drug-likeness (QED) is 0.911. The number of aliphatic hydroxyl groups is 1. The number of hydrogen-bond donors (Lipinski definition) is 1. The van der Waals surface area contributed by atoms with E-state index in [-0.39, 0.29) is 12.5 Å². The highest BCUT2D eigenvalue weighted by Gasteiger charge is 2.27. The Morgan fingerprint density at radius 2 is 2.22 bits per heavy atom. The van der Waals surface area contributed by atoms with E-state index in [4.69, 9.17) is 0 Å². The smallest absolute Gasteiger partial charge is 0.266 e. The molecule has 1 fully saturated rings. The second-order valence-corrected chi connectivity index (χ2v) is 5.64. The molecule has 0 aliphatic heterocycles. The second kappa shape index (κ2) is 6.29. The molecule has 1 heterocycles. The molecule has 1 N–H and O–H groups in total. The van der Waals surface area contributed by atoms with Gasteiger partial charge in [0.15, 0.2) is 0 Å². The molecule has 100 valence electrons. The minimum atomic E-state index is 0.0279. The zero-order valence-corrected chi connectivity index (χ0v) is 11.6. The maximum Gasteiger partial charge on any atom is 0.266 e. The van der Waals surface area contributed by atoms with Crippen molar-refractivity contribution in [2.75, 3.05) is 13.2 Å². The normalized spacial score (nSPS) is 16.8. The van der Waals surface area contributed by atoms with Crippen LogP contribution < -0.4 is 0 Å². The minimum absolute atomic E-state index is 0.0279. The molecule has 0 aromatic carbocycles. The first-order chi connectivity index (χ1) is 8.74. The van der Waals surface area contributed by atoms with Crippen LogP contribution in [0.3, 0.4) is 0 Å². The van der Waals surface area contributed by atoms with Crippen molar-refractivity contribution in [2.24, 2.45) is 0 Å². The van der Waals surface area contributed by atoms with Crippen molar-refractivity contribution in [1.82, 2.24) is 9.88 Å². The molecule has 1 amide bonds. The van der Waals surface area contributed by atoms with Crippen LogP contribution in [-0.4, -0.2) is 40.1 Å². The van der Waals surface area contributed by atoms with Crippen molar-refractivity contribution in [3.05, 3.63) is 16.1 Å². The van der Waals surface area contributed by atoms with Gasteiger partial charge in [-0.15, -0.1) is 11.3 Å². The van der Waals surface area contributed by atoms with E-state index in [2.05, 4.69) is 4.98 Å². The molecule has 2 rings (SSSR count). The Balaban J connectivity index is 2.13. The molecule has 0 radical (unpaired) electrons. The standard InChI is InChI=1S/C13H20N2O2S/c1-10-12(18-9-14-10)13(17)15(7-8-16)11-5-3-2-4-6-11/h9,11,16H,2-8H2,1H3. The van der Waals surface area contributed by atoms with Gasteiger partial charge in [-0.25, -0.2) is 4.98 Å². The van der Waals surface area contributed by atoms with Crippen LogP contribution in [0.2, 0.25) is 0 Å². The van der Waals surface area contributed by atoms with Gasteiger partial charge < -0.3 is 10.0 Å². The van der Waals surface area contributed by atoms with Crippen LogP contribution in [0.5, 0.6) is 0 Å². The van der Waals surface area contributed by atoms with E-state index in [9.17, 15) is 9.90 Å². The minimum Gasteiger partial charge on any atom is -0.395 e. The number of carbonyl (C=O) groups excluding carboxylic acids is 1. The van der Waals surface area contributed by atoms with Crippen LogP contribution in [0.4, 0.5) is 0 Å². The number of thiazole rings is 1. The molecule has 0 saturated heterocycles. The summed E-state index contributed by atoms with van der Waals surface area (Å²) >= 11 is 1.39. The number of amides is 1. The molecule has 4 nitrogen and oxygen atoms in total. The molecule has 1 aromatic heterocycles. The van der Waals surface area contributed by atoms with Crippen molar-refractivity contribution in [1.29, 1.82) is 0 Å². The highest BCUT2D eigenvalue weighted by Crippen LogP contribution is 2.25. The molecule has 1 aliphatic carbocycles. The fraction of sp³-hybridized carbons (Fsp3) is 0.692. The molecule has 0 atom stereocenters. The van der Waals surface area contributed by atoms with Gasteiger partial charge in [-0.2, -0.15) is 0 Å². The zero-order chi connectivity index (χ0) is 13.0. The predicted molar refractivity (Wildman–Crippen MR) is 71.8 cm³/mol. The van der Waals surface area contributed by atoms with E-state index in [1.807, 2.05) is 11.8 Å². The topological polar surface area (TPSA) is 53.4 Å². The van der Waals surface area contributed by atoms with E-state index < -0.39 is 0 Å². The number of aryl methyl sites for hydroxylation is 1. The summed E-state index contributed by atoms with van der Waals surface area (Å²) in [6.45, 7) is 2.32. The number of hydrogen-bond acceptors (Lipinski definition) is 4. The molecule has 1 aliphatic rings. The highest BCUT2D eigenvalue weighted by atomic mass is 32.1. The van der Waals surface area contributed by atoms with Gasteiger partial charge in [-0.05, 0) is 19.8 Å². The molecular weight excluding hydrogens is 248 g/mol. The van der Waals surface area contributed by atoms with Crippen LogP contribution >= 0.6 is 11.3 Å². The van der Waals surface area contributed by atoms with Crippen LogP contribution in [-0.2, 0) is 0 Å². The average Bonchev–Trinajstić information content (AvgIpc) is 2.82. The number of rotatable bonds is 4. The van der Waals surface area contributed by atoms with Gasteiger partial charge in [-0.3, -0.25) is 4.79 Å². The van der Waals surface area contributed by atoms with Gasteiger partial charge in [0.1, 0.15) is 4.88 Å². The Hall–Kier alpha value is -0.940. The molecule has 18 heavy (non-hydrogen) atoms. The summed E-state index contributed by atoms with van der Waals surface area (Å²) < 4.78 is 0. The SMILES string of the molecule is Cc1ncsc1C(=O)N(CCO)C1CCCCC1. The summed E-state index contributed by atoms with van der Waals surface area (Å²) in [4.78, 5) is 19.2. The van der Waals surface area contributed by atoms with E-state index in [1.165, 1.54) is 30.6 Å². The van der Waals surface area contributed by atoms with Crippen LogP contribution in [0.25, 0.3) is 0 Å². The second-order valence-electron chi connectivity index (χ2n) is 4.78. The fourth-order valence-electron chi connectivity index (χ4n) is 2.59. The number of carbonyl (C=O) groups is 1. The number of aromatic nitrogens is 1. The molecule has 5 heteroatoms. The lowest BCUT2D eigenvalue weighted by molar-refractivity contribution is 0.0589. The summed E-state index contributed by atoms with van der Waals surface area (Å²) in [6.07, 6.45) is 5.74. The summed E-state index contributed by atoms with van der Waals surface area (Å²) in [5.41, 5.74) is 2.50. The Morgan fingerprint density at radius 1 is 1.50 bits per heavy atom. The fourth-order valence-corrected chi connectivity index (χ4v) is 3.35. The maximum absolute atomic E-state index is 12.5. The largest absolute Gasteiger partial charge is 0.395 e. The first-order valence-electron chi connectivity index (χ1n) is 6.56. The third-order valence-electron chi connectivity index (χ3n) is 3.56. The summed E-state index contributed by atoms with van der Waals surface area (Å²) in [5.74, 6) is 0.0379. The maximum atomic E-state index is 12.5. The zero-order valence-electron chi connectivity index (χ0n) is 10.8. The van der Waals surface area contributed by atoms with Gasteiger partial charge in [0.2, 0.25) is 0 Å². The first-order valence-corrected chi connectivity index (χ1v) is 7.44. The van der Waals surface area contributed by atoms with Crippen molar-refractivity contribution >= 4 is 17.2 Å². The number of aliphatic hydroxyl groups excluding tert-OH is 1. The Labute approximate surface area is 112 Å². The molecule has 1 saturated carbocycles. The van der Waals surface area contributed by atoms with E-state index in [1.54, 1.807) is 5.51 Å². The average molecular weight is 268 g/mol. The summed E-state index contributed by atoms with van der Waals surface area (Å²) in [5, 5.41) is 9.18. The van der Waals surface area contributed by atoms with Crippen LogP contribution in [0.1, 0.15) is 47.5 Å². The van der Waals surface area contributed by atoms with E-state index in [0.29, 0.717) is 17.5 Å². The van der Waals surface area contributed by atoms with Crippen molar-refractivity contribution < 1.29 is 9.90 Å². The van der Waals surface area contributed by atoms with Crippen molar-refractivity contribution in [3.63, 3.8) is 0 Å². The lowest BCUT2D eigenvalue weighted by Crippen LogP contribution is -2.43. The van der Waals surface area contributed by atoms with Crippen LogP contribution in [0.15, 0.2) is 5.51 Å². The Bertz CT molecular complexity index is 399. The first kappa shape index (κ1) is 13.5. The van der Waals surface area contributed by atoms with E-state index >= 15 is 0 Å². The van der Waals surface area contributed by atoms with E-state index in [0.717, 1.165) is 18.5 Å². The van der Waals surface area contributed by atoms with Gasteiger partial charge in [0.25, 0.3) is 5.91 Å². The van der Waals surface area contributed by atoms with Crippen molar-refractivity contribution in [3.8, 4) is 0 Å². The predicted octanol–water partition coefficient (Wildman–Crippen LogP) is 2.22. The summed E-state index contributed by atoms with van der Waals surface area (Å²) in [7, 11) is 0. The van der Waals surface area contributed by atoms with Gasteiger partial charge in [-0.1, -0.05) is 19.3 Å². The number of nitrogens with zero attached hydrogens (tertiary/aromatic N) is 2. The third kappa shape index (κ3) is 2.90. The molecule has 0 unspecified atom stereocenters. The lowest BCUT2D eigenvalue weighted by atomic mass is 9.94. The Kier molecular flexibility index (Phi) is 4.72. The molecule has 0 spiro atoms. The molecule has 0 bridgehead atoms. The Morgan fingerprint density at radius 3 is 2.78 bits per heavy atom. The highest BCUT2D eigenvalue weighted by molar-refractivity contribution is 7.11. The van der Waals surface area contributed by atoms with Crippen LogP contribution in [0, 0.1) is 6.92 Å². The molecule has 1 aromatic rings. The van der Waals surface area contributed by atoms with Crippen molar-refractivity contribution in [2.45, 2.75) is 45.1 Å².